The molecule has 1 heterocycles. The van der Waals surface area contributed by atoms with Gasteiger partial charge in [0.05, 0.1) is 15.9 Å². The SMILES string of the molecule is COC(=O)C(Br)CNS(=O)(=O)c1cc(Cl)c(Br)s1. The number of nitrogens with one attached hydrogen (secondary N) is 1. The average Bonchev–Trinajstić information content (AvgIpc) is 2.66. The first-order chi connectivity index (χ1) is 8.27. The fraction of sp³-hybridized carbons (Fsp3) is 0.375. The molecule has 0 radical (unpaired) electrons. The molecule has 1 rings (SSSR count). The van der Waals surface area contributed by atoms with E-state index in [0.29, 0.717) is 8.81 Å². The summed E-state index contributed by atoms with van der Waals surface area (Å²) in [5.41, 5.74) is 0. The third-order valence-corrected chi connectivity index (χ3v) is 6.87. The number of methoxy groups -OCH3 is 1. The van der Waals surface area contributed by atoms with Crippen molar-refractivity contribution in [2.24, 2.45) is 0 Å². The fourth-order valence-corrected chi connectivity index (χ4v) is 4.98. The van der Waals surface area contributed by atoms with Crippen molar-refractivity contribution in [3.05, 3.63) is 14.9 Å². The zero-order valence-corrected chi connectivity index (χ0v) is 14.5. The molecule has 102 valence electrons. The van der Waals surface area contributed by atoms with E-state index in [9.17, 15) is 13.2 Å². The van der Waals surface area contributed by atoms with E-state index in [1.54, 1.807) is 0 Å². The molecular formula is C8H8Br2ClNO4S2. The second-order valence-electron chi connectivity index (χ2n) is 3.03. The molecule has 18 heavy (non-hydrogen) atoms. The van der Waals surface area contributed by atoms with E-state index in [1.165, 1.54) is 13.2 Å². The van der Waals surface area contributed by atoms with Crippen molar-refractivity contribution < 1.29 is 17.9 Å². The minimum Gasteiger partial charge on any atom is -0.468 e. The number of rotatable bonds is 5. The summed E-state index contributed by atoms with van der Waals surface area (Å²) in [6, 6.07) is 1.33. The first-order valence-electron chi connectivity index (χ1n) is 4.44. The van der Waals surface area contributed by atoms with Gasteiger partial charge in [-0.05, 0) is 22.0 Å². The van der Waals surface area contributed by atoms with E-state index in [-0.39, 0.29) is 10.8 Å². The topological polar surface area (TPSA) is 72.5 Å². The Morgan fingerprint density at radius 2 is 2.28 bits per heavy atom. The summed E-state index contributed by atoms with van der Waals surface area (Å²) in [6.45, 7) is -0.109. The number of hydrogen-bond donors (Lipinski definition) is 1. The zero-order valence-electron chi connectivity index (χ0n) is 8.95. The molecule has 0 bridgehead atoms. The van der Waals surface area contributed by atoms with Crippen LogP contribution in [0.4, 0.5) is 0 Å². The number of ether oxygens (including phenoxy) is 1. The predicted molar refractivity (Wildman–Crippen MR) is 76.9 cm³/mol. The highest BCUT2D eigenvalue weighted by atomic mass is 79.9. The Labute approximate surface area is 130 Å². The predicted octanol–water partition coefficient (Wildman–Crippen LogP) is 2.38. The van der Waals surface area contributed by atoms with Crippen LogP contribution in [-0.4, -0.2) is 32.9 Å². The van der Waals surface area contributed by atoms with Gasteiger partial charge in [-0.15, -0.1) is 11.3 Å². The molecule has 1 aromatic rings. The van der Waals surface area contributed by atoms with E-state index >= 15 is 0 Å². The van der Waals surface area contributed by atoms with Crippen molar-refractivity contribution in [2.75, 3.05) is 13.7 Å². The lowest BCUT2D eigenvalue weighted by atomic mass is 10.4. The van der Waals surface area contributed by atoms with Gasteiger partial charge >= 0.3 is 5.97 Å². The van der Waals surface area contributed by atoms with Gasteiger partial charge in [0.1, 0.15) is 9.04 Å². The second-order valence-corrected chi connectivity index (χ2v) is 8.91. The maximum Gasteiger partial charge on any atom is 0.320 e. The number of halogens is 3. The van der Waals surface area contributed by atoms with Gasteiger partial charge in [-0.1, -0.05) is 27.5 Å². The number of alkyl halides is 1. The zero-order chi connectivity index (χ0) is 13.9. The number of carbonyl (C=O) groups excluding carboxylic acids is 1. The monoisotopic (exact) mass is 439 g/mol. The number of sulfonamides is 1. The summed E-state index contributed by atoms with van der Waals surface area (Å²) >= 11 is 12.9. The van der Waals surface area contributed by atoms with Crippen molar-refractivity contribution in [3.8, 4) is 0 Å². The van der Waals surface area contributed by atoms with Gasteiger partial charge in [0.15, 0.2) is 0 Å². The molecule has 0 saturated heterocycles. The lowest BCUT2D eigenvalue weighted by Gasteiger charge is -2.08. The summed E-state index contributed by atoms with van der Waals surface area (Å²) in [6.07, 6.45) is 0. The smallest absolute Gasteiger partial charge is 0.320 e. The van der Waals surface area contributed by atoms with Crippen LogP contribution in [0.1, 0.15) is 0 Å². The highest BCUT2D eigenvalue weighted by molar-refractivity contribution is 9.11. The molecular weight excluding hydrogens is 433 g/mol. The van der Waals surface area contributed by atoms with Crippen LogP contribution in [-0.2, 0) is 19.6 Å². The number of hydrogen-bond acceptors (Lipinski definition) is 5. The maximum atomic E-state index is 11.9. The molecule has 10 heteroatoms. The van der Waals surface area contributed by atoms with Crippen molar-refractivity contribution in [1.82, 2.24) is 4.72 Å². The first kappa shape index (κ1) is 16.4. The number of thiophene rings is 1. The Hall–Kier alpha value is 0.330. The summed E-state index contributed by atoms with van der Waals surface area (Å²) in [5, 5.41) is 0.323. The van der Waals surface area contributed by atoms with Crippen molar-refractivity contribution in [2.45, 2.75) is 9.04 Å². The van der Waals surface area contributed by atoms with Gasteiger partial charge in [0, 0.05) is 6.54 Å². The van der Waals surface area contributed by atoms with Crippen LogP contribution >= 0.6 is 54.8 Å². The van der Waals surface area contributed by atoms with E-state index in [0.717, 1.165) is 11.3 Å². The highest BCUT2D eigenvalue weighted by Crippen LogP contribution is 2.34. The summed E-state index contributed by atoms with van der Waals surface area (Å²) in [4.78, 5) is 10.4. The third kappa shape index (κ3) is 4.17. The van der Waals surface area contributed by atoms with Crippen LogP contribution in [0.5, 0.6) is 0 Å². The maximum absolute atomic E-state index is 11.9. The van der Waals surface area contributed by atoms with Crippen LogP contribution in [0.15, 0.2) is 14.1 Å². The van der Waals surface area contributed by atoms with E-state index in [2.05, 4.69) is 41.3 Å². The fourth-order valence-electron chi connectivity index (χ4n) is 0.924. The van der Waals surface area contributed by atoms with Crippen LogP contribution in [0, 0.1) is 0 Å². The van der Waals surface area contributed by atoms with Gasteiger partial charge in [-0.2, -0.15) is 0 Å². The van der Waals surface area contributed by atoms with Crippen molar-refractivity contribution >= 4 is 70.8 Å². The summed E-state index contributed by atoms with van der Waals surface area (Å²) in [5.74, 6) is -0.553. The van der Waals surface area contributed by atoms with Gasteiger partial charge < -0.3 is 4.74 Å². The Bertz CT molecular complexity index is 526. The van der Waals surface area contributed by atoms with Crippen LogP contribution in [0.25, 0.3) is 0 Å². The molecule has 5 nitrogen and oxygen atoms in total. The Kier molecular flexibility index (Phi) is 6.07. The lowest BCUT2D eigenvalue weighted by Crippen LogP contribution is -2.33. The lowest BCUT2D eigenvalue weighted by molar-refractivity contribution is -0.139. The summed E-state index contributed by atoms with van der Waals surface area (Å²) < 4.78 is 31.1. The van der Waals surface area contributed by atoms with Crippen LogP contribution in [0.2, 0.25) is 5.02 Å². The quantitative estimate of drug-likeness (QED) is 0.563. The molecule has 0 saturated carbocycles. The molecule has 0 spiro atoms. The molecule has 0 fully saturated rings. The number of esters is 1. The Morgan fingerprint density at radius 1 is 1.67 bits per heavy atom. The minimum absolute atomic E-state index is 0.0731. The molecule has 1 N–H and O–H groups in total. The molecule has 0 aromatic carbocycles. The highest BCUT2D eigenvalue weighted by Gasteiger charge is 2.22. The van der Waals surface area contributed by atoms with Gasteiger partial charge in [0.25, 0.3) is 0 Å². The molecule has 1 aromatic heterocycles. The van der Waals surface area contributed by atoms with Gasteiger partial charge in [-0.3, -0.25) is 4.79 Å². The molecule has 0 aliphatic carbocycles. The minimum atomic E-state index is -3.68. The van der Waals surface area contributed by atoms with Crippen LogP contribution < -0.4 is 4.72 Å². The van der Waals surface area contributed by atoms with E-state index < -0.39 is 20.8 Å². The largest absolute Gasteiger partial charge is 0.468 e. The van der Waals surface area contributed by atoms with Gasteiger partial charge in [0.2, 0.25) is 10.0 Å². The molecule has 1 atom stereocenters. The normalized spacial score (nSPS) is 13.3. The Balaban J connectivity index is 2.74. The average molecular weight is 442 g/mol. The second kappa shape index (κ2) is 6.67. The standard InChI is InChI=1S/C8H8Br2ClNO4S2/c1-16-8(13)4(9)3-12-18(14,15)6-2-5(11)7(10)17-6/h2,4,12H,3H2,1H3. The molecule has 1 unspecified atom stereocenters. The Morgan fingerprint density at radius 3 is 2.72 bits per heavy atom. The van der Waals surface area contributed by atoms with Gasteiger partial charge in [-0.25, -0.2) is 13.1 Å². The third-order valence-electron chi connectivity index (χ3n) is 1.80. The van der Waals surface area contributed by atoms with Crippen LogP contribution in [0.3, 0.4) is 0 Å². The van der Waals surface area contributed by atoms with Crippen molar-refractivity contribution in [3.63, 3.8) is 0 Å². The summed E-state index contributed by atoms with van der Waals surface area (Å²) in [7, 11) is -2.46. The molecule has 0 aliphatic rings. The number of carbonyl (C=O) groups is 1. The van der Waals surface area contributed by atoms with Crippen molar-refractivity contribution in [1.29, 1.82) is 0 Å². The molecule has 0 aliphatic heterocycles. The first-order valence-corrected chi connectivity index (χ1v) is 8.83. The van der Waals surface area contributed by atoms with E-state index in [4.69, 9.17) is 11.6 Å². The molecule has 0 amide bonds. The van der Waals surface area contributed by atoms with E-state index in [1.807, 2.05) is 0 Å².